The minimum absolute atomic E-state index is 0.588. The van der Waals surface area contributed by atoms with Crippen LogP contribution in [0.5, 0.6) is 5.75 Å². The van der Waals surface area contributed by atoms with Gasteiger partial charge in [0.15, 0.2) is 0 Å². The minimum Gasteiger partial charge on any atom is -0.497 e. The molecule has 0 radical (unpaired) electrons. The highest BCUT2D eigenvalue weighted by molar-refractivity contribution is 5.84. The topological polar surface area (TPSA) is 34.1 Å². The van der Waals surface area contributed by atoms with E-state index in [2.05, 4.69) is 35.4 Å². The molecule has 1 saturated heterocycles. The van der Waals surface area contributed by atoms with Gasteiger partial charge in [-0.1, -0.05) is 0 Å². The van der Waals surface area contributed by atoms with Crippen molar-refractivity contribution in [3.63, 3.8) is 0 Å². The highest BCUT2D eigenvalue weighted by Crippen LogP contribution is 2.31. The van der Waals surface area contributed by atoms with Crippen molar-refractivity contribution in [1.82, 2.24) is 10.3 Å². The summed E-state index contributed by atoms with van der Waals surface area (Å²) < 4.78 is 5.35. The summed E-state index contributed by atoms with van der Waals surface area (Å²) in [5, 5.41) is 4.73. The van der Waals surface area contributed by atoms with Crippen LogP contribution >= 0.6 is 0 Å². The number of nitrogens with zero attached hydrogens (tertiary/aromatic N) is 1. The molecule has 0 bridgehead atoms. The number of aryl methyl sites for hydroxylation is 1. The quantitative estimate of drug-likeness (QED) is 0.897. The van der Waals surface area contributed by atoms with E-state index < -0.39 is 0 Å². The van der Waals surface area contributed by atoms with E-state index in [9.17, 15) is 0 Å². The van der Waals surface area contributed by atoms with Gasteiger partial charge in [0.05, 0.1) is 12.6 Å². The van der Waals surface area contributed by atoms with Gasteiger partial charge in [-0.15, -0.1) is 0 Å². The van der Waals surface area contributed by atoms with Crippen LogP contribution in [0, 0.1) is 6.92 Å². The number of ether oxygens (including phenoxy) is 1. The second-order valence-electron chi connectivity index (χ2n) is 5.28. The fourth-order valence-electron chi connectivity index (χ4n) is 2.95. The van der Waals surface area contributed by atoms with Gasteiger partial charge in [-0.2, -0.15) is 0 Å². The van der Waals surface area contributed by atoms with Gasteiger partial charge in [0.25, 0.3) is 0 Å². The Morgan fingerprint density at radius 2 is 2.21 bits per heavy atom. The molecule has 1 fully saturated rings. The molecule has 1 atom stereocenters. The van der Waals surface area contributed by atoms with Gasteiger partial charge >= 0.3 is 0 Å². The molecule has 1 aliphatic rings. The second-order valence-corrected chi connectivity index (χ2v) is 5.28. The van der Waals surface area contributed by atoms with Crippen LogP contribution in [-0.2, 0) is 0 Å². The summed E-state index contributed by atoms with van der Waals surface area (Å²) in [5.41, 5.74) is 3.58. The first-order chi connectivity index (χ1) is 9.28. The predicted octanol–water partition coefficient (Wildman–Crippen LogP) is 3.02. The lowest BCUT2D eigenvalue weighted by Gasteiger charge is -2.24. The highest BCUT2D eigenvalue weighted by atomic mass is 16.5. The lowest BCUT2D eigenvalue weighted by atomic mass is 9.89. The predicted molar refractivity (Wildman–Crippen MR) is 77.9 cm³/mol. The molecule has 3 rings (SSSR count). The number of piperidine rings is 1. The third-order valence-electron chi connectivity index (χ3n) is 3.91. The molecule has 2 aromatic rings. The van der Waals surface area contributed by atoms with Crippen LogP contribution in [0.15, 0.2) is 24.3 Å². The Labute approximate surface area is 114 Å². The Kier molecular flexibility index (Phi) is 3.38. The van der Waals surface area contributed by atoms with Crippen LogP contribution < -0.4 is 10.1 Å². The molecule has 1 aromatic heterocycles. The fourth-order valence-corrected chi connectivity index (χ4v) is 2.95. The Hall–Kier alpha value is -1.61. The molecule has 3 heteroatoms. The summed E-state index contributed by atoms with van der Waals surface area (Å²) in [5.74, 6) is 1.49. The maximum Gasteiger partial charge on any atom is 0.119 e. The smallest absolute Gasteiger partial charge is 0.119 e. The molecule has 1 N–H and O–H groups in total. The zero-order chi connectivity index (χ0) is 13.2. The van der Waals surface area contributed by atoms with E-state index in [0.29, 0.717) is 5.92 Å². The first kappa shape index (κ1) is 12.4. The van der Waals surface area contributed by atoms with Gasteiger partial charge in [0.1, 0.15) is 5.75 Å². The SMILES string of the molecule is COc1ccc2nc(C)cc(C3CCCNC3)c2c1. The summed E-state index contributed by atoms with van der Waals surface area (Å²) in [6, 6.07) is 8.39. The van der Waals surface area contributed by atoms with E-state index in [1.165, 1.54) is 23.8 Å². The molecule has 1 unspecified atom stereocenters. The van der Waals surface area contributed by atoms with Crippen molar-refractivity contribution >= 4 is 10.9 Å². The van der Waals surface area contributed by atoms with Crippen LogP contribution in [0.4, 0.5) is 0 Å². The number of hydrogen-bond donors (Lipinski definition) is 1. The monoisotopic (exact) mass is 256 g/mol. The van der Waals surface area contributed by atoms with Gasteiger partial charge in [-0.25, -0.2) is 0 Å². The van der Waals surface area contributed by atoms with E-state index in [0.717, 1.165) is 30.0 Å². The summed E-state index contributed by atoms with van der Waals surface area (Å²) in [4.78, 5) is 4.63. The largest absolute Gasteiger partial charge is 0.497 e. The number of benzene rings is 1. The zero-order valence-electron chi connectivity index (χ0n) is 11.6. The molecule has 19 heavy (non-hydrogen) atoms. The Morgan fingerprint density at radius 3 is 2.95 bits per heavy atom. The van der Waals surface area contributed by atoms with Crippen molar-refractivity contribution in [2.24, 2.45) is 0 Å². The van der Waals surface area contributed by atoms with Crippen LogP contribution in [-0.4, -0.2) is 25.2 Å². The second kappa shape index (κ2) is 5.17. The first-order valence-electron chi connectivity index (χ1n) is 6.94. The van der Waals surface area contributed by atoms with Crippen molar-refractivity contribution in [3.8, 4) is 5.75 Å². The summed E-state index contributed by atoms with van der Waals surface area (Å²) in [7, 11) is 1.71. The molecule has 3 nitrogen and oxygen atoms in total. The zero-order valence-corrected chi connectivity index (χ0v) is 11.6. The Morgan fingerprint density at radius 1 is 1.32 bits per heavy atom. The maximum atomic E-state index is 5.35. The highest BCUT2D eigenvalue weighted by Gasteiger charge is 2.18. The third-order valence-corrected chi connectivity index (χ3v) is 3.91. The number of hydrogen-bond acceptors (Lipinski definition) is 3. The van der Waals surface area contributed by atoms with Crippen LogP contribution in [0.1, 0.15) is 30.0 Å². The summed E-state index contributed by atoms with van der Waals surface area (Å²) in [6.07, 6.45) is 2.50. The molecule has 1 aromatic carbocycles. The maximum absolute atomic E-state index is 5.35. The number of nitrogens with one attached hydrogen (secondary N) is 1. The van der Waals surface area contributed by atoms with Gasteiger partial charge in [-0.05, 0) is 62.1 Å². The van der Waals surface area contributed by atoms with E-state index in [4.69, 9.17) is 4.74 Å². The van der Waals surface area contributed by atoms with Crippen LogP contribution in [0.2, 0.25) is 0 Å². The van der Waals surface area contributed by atoms with Crippen molar-refractivity contribution < 1.29 is 4.74 Å². The first-order valence-corrected chi connectivity index (χ1v) is 6.94. The van der Waals surface area contributed by atoms with Gasteiger partial charge in [-0.3, -0.25) is 4.98 Å². The Balaban J connectivity index is 2.14. The third kappa shape index (κ3) is 2.43. The molecule has 1 aliphatic heterocycles. The summed E-state index contributed by atoms with van der Waals surface area (Å²) >= 11 is 0. The standard InChI is InChI=1S/C16H20N2O/c1-11-8-14(12-4-3-7-17-10-12)15-9-13(19-2)5-6-16(15)18-11/h5-6,8-9,12,17H,3-4,7,10H2,1-2H3. The fraction of sp³-hybridized carbons (Fsp3) is 0.438. The number of pyridine rings is 1. The number of fused-ring (bicyclic) bond motifs is 1. The normalized spacial score (nSPS) is 19.6. The van der Waals surface area contributed by atoms with Crippen molar-refractivity contribution in [2.45, 2.75) is 25.7 Å². The van der Waals surface area contributed by atoms with E-state index in [-0.39, 0.29) is 0 Å². The minimum atomic E-state index is 0.588. The van der Waals surface area contributed by atoms with E-state index in [1.54, 1.807) is 7.11 Å². The van der Waals surface area contributed by atoms with Crippen LogP contribution in [0.25, 0.3) is 10.9 Å². The molecule has 100 valence electrons. The van der Waals surface area contributed by atoms with E-state index in [1.807, 2.05) is 6.07 Å². The van der Waals surface area contributed by atoms with Gasteiger partial charge in [0.2, 0.25) is 0 Å². The average molecular weight is 256 g/mol. The van der Waals surface area contributed by atoms with Crippen molar-refractivity contribution in [2.75, 3.05) is 20.2 Å². The lowest BCUT2D eigenvalue weighted by Crippen LogP contribution is -2.28. The molecule has 0 spiro atoms. The Bertz CT molecular complexity index is 589. The molecule has 0 saturated carbocycles. The molecule has 2 heterocycles. The number of rotatable bonds is 2. The number of methoxy groups -OCH3 is 1. The van der Waals surface area contributed by atoms with Gasteiger partial charge in [0, 0.05) is 17.6 Å². The molecular formula is C16H20N2O. The van der Waals surface area contributed by atoms with Crippen molar-refractivity contribution in [1.29, 1.82) is 0 Å². The van der Waals surface area contributed by atoms with E-state index >= 15 is 0 Å². The molecule has 0 amide bonds. The molecule has 0 aliphatic carbocycles. The van der Waals surface area contributed by atoms with Crippen LogP contribution in [0.3, 0.4) is 0 Å². The average Bonchev–Trinajstić information content (AvgIpc) is 2.47. The van der Waals surface area contributed by atoms with Gasteiger partial charge < -0.3 is 10.1 Å². The lowest BCUT2D eigenvalue weighted by molar-refractivity contribution is 0.415. The van der Waals surface area contributed by atoms with Crippen molar-refractivity contribution in [3.05, 3.63) is 35.5 Å². The summed E-state index contributed by atoms with van der Waals surface area (Å²) in [6.45, 7) is 4.28. The molecular weight excluding hydrogens is 236 g/mol. The number of aromatic nitrogens is 1.